The maximum absolute atomic E-state index is 12.1. The first-order valence-electron chi connectivity index (χ1n) is 7.14. The molecule has 1 atom stereocenters. The number of Topliss-reactive ketones (excluding diaryl/α,β-unsaturated/α-hetero) is 1. The molecular formula is C16H25BrN2O. The number of aromatic nitrogens is 1. The second-order valence-electron chi connectivity index (χ2n) is 6.41. The highest BCUT2D eigenvalue weighted by atomic mass is 79.9. The van der Waals surface area contributed by atoms with Crippen LogP contribution in [-0.4, -0.2) is 17.3 Å². The fourth-order valence-corrected chi connectivity index (χ4v) is 2.83. The highest BCUT2D eigenvalue weighted by molar-refractivity contribution is 9.10. The zero-order valence-electron chi connectivity index (χ0n) is 12.7. The third-order valence-electron chi connectivity index (χ3n) is 3.67. The number of hydrogen-bond acceptors (Lipinski definition) is 3. The van der Waals surface area contributed by atoms with Crippen LogP contribution in [0.5, 0.6) is 0 Å². The van der Waals surface area contributed by atoms with Gasteiger partial charge in [0, 0.05) is 29.7 Å². The lowest BCUT2D eigenvalue weighted by Gasteiger charge is -2.30. The van der Waals surface area contributed by atoms with E-state index in [9.17, 15) is 4.79 Å². The lowest BCUT2D eigenvalue weighted by atomic mass is 9.76. The molecule has 0 aliphatic rings. The van der Waals surface area contributed by atoms with Crippen LogP contribution in [-0.2, 0) is 11.2 Å². The molecule has 0 amide bonds. The van der Waals surface area contributed by atoms with Crippen LogP contribution in [0.2, 0.25) is 0 Å². The molecule has 0 radical (unpaired) electrons. The van der Waals surface area contributed by atoms with E-state index < -0.39 is 0 Å². The van der Waals surface area contributed by atoms with E-state index in [4.69, 9.17) is 5.73 Å². The maximum atomic E-state index is 12.1. The van der Waals surface area contributed by atoms with Crippen LogP contribution >= 0.6 is 15.9 Å². The van der Waals surface area contributed by atoms with E-state index in [1.54, 1.807) is 12.4 Å². The van der Waals surface area contributed by atoms with Gasteiger partial charge in [0.1, 0.15) is 5.78 Å². The Morgan fingerprint density at radius 2 is 2.05 bits per heavy atom. The number of rotatable bonds is 7. The van der Waals surface area contributed by atoms with Crippen LogP contribution in [0.3, 0.4) is 0 Å². The van der Waals surface area contributed by atoms with Crippen molar-refractivity contribution in [2.24, 2.45) is 17.1 Å². The third-order valence-corrected chi connectivity index (χ3v) is 4.11. The molecule has 0 saturated heterocycles. The predicted octanol–water partition coefficient (Wildman–Crippen LogP) is 3.75. The molecule has 1 rings (SSSR count). The van der Waals surface area contributed by atoms with Crippen LogP contribution in [0.25, 0.3) is 0 Å². The molecule has 20 heavy (non-hydrogen) atoms. The number of ketones is 1. The highest BCUT2D eigenvalue weighted by Crippen LogP contribution is 2.32. The van der Waals surface area contributed by atoms with Crippen molar-refractivity contribution in [1.29, 1.82) is 0 Å². The molecule has 112 valence electrons. The summed E-state index contributed by atoms with van der Waals surface area (Å²) in [6.07, 6.45) is 6.46. The zero-order valence-corrected chi connectivity index (χ0v) is 14.2. The molecular weight excluding hydrogens is 316 g/mol. The molecule has 1 heterocycles. The van der Waals surface area contributed by atoms with Crippen molar-refractivity contribution in [2.45, 2.75) is 46.5 Å². The first-order chi connectivity index (χ1) is 9.32. The van der Waals surface area contributed by atoms with Gasteiger partial charge in [0.15, 0.2) is 0 Å². The van der Waals surface area contributed by atoms with Crippen LogP contribution in [0.4, 0.5) is 0 Å². The summed E-state index contributed by atoms with van der Waals surface area (Å²) in [7, 11) is 0. The monoisotopic (exact) mass is 340 g/mol. The maximum Gasteiger partial charge on any atom is 0.137 e. The van der Waals surface area contributed by atoms with E-state index in [0.29, 0.717) is 25.3 Å². The second kappa shape index (κ2) is 7.89. The van der Waals surface area contributed by atoms with E-state index in [1.807, 2.05) is 6.07 Å². The van der Waals surface area contributed by atoms with Crippen molar-refractivity contribution in [2.75, 3.05) is 6.54 Å². The number of hydrogen-bond donors (Lipinski definition) is 1. The molecule has 0 aromatic carbocycles. The molecule has 2 N–H and O–H groups in total. The quantitative estimate of drug-likeness (QED) is 0.822. The summed E-state index contributed by atoms with van der Waals surface area (Å²) in [5, 5.41) is 0. The summed E-state index contributed by atoms with van der Waals surface area (Å²) >= 11 is 3.37. The Morgan fingerprint density at radius 3 is 2.60 bits per heavy atom. The fourth-order valence-electron chi connectivity index (χ4n) is 2.42. The number of halogens is 1. The zero-order chi connectivity index (χ0) is 15.2. The van der Waals surface area contributed by atoms with Crippen molar-refractivity contribution in [3.63, 3.8) is 0 Å². The summed E-state index contributed by atoms with van der Waals surface area (Å²) < 4.78 is 0.915. The van der Waals surface area contributed by atoms with Crippen LogP contribution in [0.1, 0.15) is 45.6 Å². The Kier molecular flexibility index (Phi) is 6.83. The minimum atomic E-state index is 0.205. The molecule has 3 nitrogen and oxygen atoms in total. The molecule has 0 bridgehead atoms. The predicted molar refractivity (Wildman–Crippen MR) is 86.5 cm³/mol. The van der Waals surface area contributed by atoms with Crippen molar-refractivity contribution in [1.82, 2.24) is 4.98 Å². The normalized spacial score (nSPS) is 13.2. The molecule has 0 fully saturated rings. The Labute approximate surface area is 130 Å². The summed E-state index contributed by atoms with van der Waals surface area (Å²) in [6, 6.07) is 1.95. The van der Waals surface area contributed by atoms with Gasteiger partial charge in [-0.05, 0) is 58.3 Å². The highest BCUT2D eigenvalue weighted by Gasteiger charge is 2.24. The van der Waals surface area contributed by atoms with E-state index in [2.05, 4.69) is 41.7 Å². The molecule has 0 aliphatic heterocycles. The van der Waals surface area contributed by atoms with Crippen molar-refractivity contribution >= 4 is 21.7 Å². The molecule has 4 heteroatoms. The van der Waals surface area contributed by atoms with Gasteiger partial charge in [-0.25, -0.2) is 0 Å². The summed E-state index contributed by atoms with van der Waals surface area (Å²) in [6.45, 7) is 7.34. The van der Waals surface area contributed by atoms with Crippen molar-refractivity contribution in [3.8, 4) is 0 Å². The average molecular weight is 341 g/mol. The van der Waals surface area contributed by atoms with Gasteiger partial charge in [0.05, 0.1) is 0 Å². The van der Waals surface area contributed by atoms with Gasteiger partial charge in [-0.15, -0.1) is 0 Å². The van der Waals surface area contributed by atoms with Crippen LogP contribution < -0.4 is 5.73 Å². The largest absolute Gasteiger partial charge is 0.330 e. The van der Waals surface area contributed by atoms with Crippen LogP contribution in [0.15, 0.2) is 22.9 Å². The standard InChI is InChI=1S/C16H25BrN2O/c1-16(2,3)13(6-7-18)4-5-15(20)9-12-8-14(17)11-19-10-12/h8,10-11,13H,4-7,9,18H2,1-3H3. The number of carbonyl (C=O) groups excluding carboxylic acids is 1. The molecule has 1 aromatic rings. The van der Waals surface area contributed by atoms with Crippen molar-refractivity contribution in [3.05, 3.63) is 28.5 Å². The van der Waals surface area contributed by atoms with Gasteiger partial charge >= 0.3 is 0 Å². The molecule has 1 unspecified atom stereocenters. The van der Waals surface area contributed by atoms with E-state index in [1.165, 1.54) is 0 Å². The minimum Gasteiger partial charge on any atom is -0.330 e. The lowest BCUT2D eigenvalue weighted by Crippen LogP contribution is -2.24. The first kappa shape index (κ1) is 17.3. The van der Waals surface area contributed by atoms with Crippen molar-refractivity contribution < 1.29 is 4.79 Å². The Hall–Kier alpha value is -0.740. The van der Waals surface area contributed by atoms with Crippen LogP contribution in [0, 0.1) is 11.3 Å². The van der Waals surface area contributed by atoms with E-state index in [0.717, 1.165) is 22.9 Å². The third kappa shape index (κ3) is 6.14. The number of pyridine rings is 1. The van der Waals surface area contributed by atoms with Gasteiger partial charge < -0.3 is 5.73 Å². The van der Waals surface area contributed by atoms with Gasteiger partial charge in [-0.1, -0.05) is 20.8 Å². The summed E-state index contributed by atoms with van der Waals surface area (Å²) in [4.78, 5) is 16.2. The lowest BCUT2D eigenvalue weighted by molar-refractivity contribution is -0.118. The summed E-state index contributed by atoms with van der Waals surface area (Å²) in [5.41, 5.74) is 6.85. The topological polar surface area (TPSA) is 56.0 Å². The van der Waals surface area contributed by atoms with Gasteiger partial charge in [-0.2, -0.15) is 0 Å². The van der Waals surface area contributed by atoms with E-state index >= 15 is 0 Å². The Bertz CT molecular complexity index is 440. The molecule has 0 spiro atoms. The van der Waals surface area contributed by atoms with Gasteiger partial charge in [-0.3, -0.25) is 9.78 Å². The van der Waals surface area contributed by atoms with E-state index in [-0.39, 0.29) is 11.2 Å². The second-order valence-corrected chi connectivity index (χ2v) is 7.32. The smallest absolute Gasteiger partial charge is 0.137 e. The Morgan fingerprint density at radius 1 is 1.35 bits per heavy atom. The number of carbonyl (C=O) groups is 1. The molecule has 0 aliphatic carbocycles. The average Bonchev–Trinajstić information content (AvgIpc) is 2.33. The molecule has 0 saturated carbocycles. The minimum absolute atomic E-state index is 0.205. The van der Waals surface area contributed by atoms with Gasteiger partial charge in [0.25, 0.3) is 0 Å². The number of nitrogens with zero attached hydrogens (tertiary/aromatic N) is 1. The first-order valence-corrected chi connectivity index (χ1v) is 7.93. The SMILES string of the molecule is CC(C)(C)C(CCN)CCC(=O)Cc1cncc(Br)c1. The fraction of sp³-hybridized carbons (Fsp3) is 0.625. The van der Waals surface area contributed by atoms with Gasteiger partial charge in [0.2, 0.25) is 0 Å². The Balaban J connectivity index is 2.50. The summed E-state index contributed by atoms with van der Waals surface area (Å²) in [5.74, 6) is 0.772. The molecule has 1 aromatic heterocycles. The number of nitrogens with two attached hydrogens (primary N) is 1.